The quantitative estimate of drug-likeness (QED) is 0.343. The first-order valence-corrected chi connectivity index (χ1v) is 3.05. The van der Waals surface area contributed by atoms with Crippen LogP contribution in [0.25, 0.3) is 0 Å². The molecule has 0 aromatic rings. The smallest absolute Gasteiger partial charge is 0.333 e. The predicted octanol–water partition coefficient (Wildman–Crippen LogP) is 0.516. The van der Waals surface area contributed by atoms with Crippen LogP contribution < -0.4 is 0 Å². The second kappa shape index (κ2) is 3.80. The number of halogens is 1. The maximum absolute atomic E-state index is 10.4. The van der Waals surface area contributed by atoms with Crippen LogP contribution in [0, 0.1) is 0 Å². The van der Waals surface area contributed by atoms with E-state index >= 15 is 0 Å². The molecule has 0 heterocycles. The second-order valence-corrected chi connectivity index (χ2v) is 2.08. The Morgan fingerprint density at radius 1 is 1.67 bits per heavy atom. The maximum atomic E-state index is 10.4. The molecule has 2 unspecified atom stereocenters. The Balaban J connectivity index is 3.88. The summed E-state index contributed by atoms with van der Waals surface area (Å²) < 4.78 is 4.10. The van der Waals surface area contributed by atoms with Crippen molar-refractivity contribution in [3.8, 4) is 0 Å². The fourth-order valence-corrected chi connectivity index (χ4v) is 0.499. The van der Waals surface area contributed by atoms with E-state index in [0.29, 0.717) is 0 Å². The number of rotatable bonds is 2. The number of ketones is 1. The molecule has 2 atom stereocenters. The minimum absolute atomic E-state index is 0.413. The van der Waals surface area contributed by atoms with Crippen molar-refractivity contribution < 1.29 is 14.1 Å². The highest BCUT2D eigenvalue weighted by Crippen LogP contribution is 2.02. The Labute approximate surface area is 60.0 Å². The summed E-state index contributed by atoms with van der Waals surface area (Å²) in [4.78, 5) is 20.7. The van der Waals surface area contributed by atoms with Crippen molar-refractivity contribution in [2.75, 3.05) is 0 Å². The highest BCUT2D eigenvalue weighted by Gasteiger charge is 2.19. The molecule has 0 saturated carbocycles. The van der Waals surface area contributed by atoms with Crippen molar-refractivity contribution in [1.29, 1.82) is 0 Å². The summed E-state index contributed by atoms with van der Waals surface area (Å²) in [5, 5.41) is -1.16. The summed E-state index contributed by atoms with van der Waals surface area (Å²) in [6, 6.07) is 0. The van der Waals surface area contributed by atoms with Gasteiger partial charge in [0, 0.05) is 0 Å². The van der Waals surface area contributed by atoms with Gasteiger partial charge in [-0.15, -0.1) is 11.6 Å². The van der Waals surface area contributed by atoms with E-state index in [0.717, 1.165) is 0 Å². The van der Waals surface area contributed by atoms with Gasteiger partial charge in [0.2, 0.25) is 0 Å². The molecule has 52 valence electrons. The van der Waals surface area contributed by atoms with E-state index < -0.39 is 17.1 Å². The van der Waals surface area contributed by atoms with Crippen LogP contribution >= 0.6 is 21.1 Å². The average Bonchev–Trinajstić information content (AvgIpc) is 1.84. The number of carbonyl (C=O) groups is 2. The fourth-order valence-electron chi connectivity index (χ4n) is 0.226. The van der Waals surface area contributed by atoms with Crippen LogP contribution in [0.5, 0.6) is 0 Å². The van der Waals surface area contributed by atoms with Gasteiger partial charge < -0.3 is 4.52 Å². The van der Waals surface area contributed by atoms with Gasteiger partial charge >= 0.3 is 5.97 Å². The zero-order valence-corrected chi connectivity index (χ0v) is 6.67. The number of hydrogen-bond acceptors (Lipinski definition) is 3. The van der Waals surface area contributed by atoms with Crippen molar-refractivity contribution >= 4 is 32.8 Å². The molecule has 0 fully saturated rings. The lowest BCUT2D eigenvalue weighted by atomic mass is 10.3. The minimum Gasteiger partial charge on any atom is -0.450 e. The summed E-state index contributed by atoms with van der Waals surface area (Å²) in [6.45, 7) is 1.22. The molecule has 5 heteroatoms. The highest BCUT2D eigenvalue weighted by atomic mass is 35.5. The Bertz CT molecular complexity index is 136. The van der Waals surface area contributed by atoms with E-state index in [4.69, 9.17) is 11.6 Å². The summed E-state index contributed by atoms with van der Waals surface area (Å²) in [6.07, 6.45) is 0. The molecule has 0 spiro atoms. The summed E-state index contributed by atoms with van der Waals surface area (Å²) in [7, 11) is 1.72. The van der Waals surface area contributed by atoms with Crippen molar-refractivity contribution in [2.45, 2.75) is 12.3 Å². The zero-order valence-electron chi connectivity index (χ0n) is 4.76. The van der Waals surface area contributed by atoms with Crippen LogP contribution in [0.1, 0.15) is 6.92 Å². The monoisotopic (exact) mass is 168 g/mol. The Morgan fingerprint density at radius 3 is 2.22 bits per heavy atom. The van der Waals surface area contributed by atoms with E-state index in [1.54, 1.807) is 9.47 Å². The molecule has 3 nitrogen and oxygen atoms in total. The molecule has 0 rings (SSSR count). The van der Waals surface area contributed by atoms with Gasteiger partial charge in [-0.3, -0.25) is 4.79 Å². The third kappa shape index (κ3) is 2.78. The van der Waals surface area contributed by atoms with Crippen LogP contribution in [-0.2, 0) is 14.1 Å². The number of alkyl halides is 1. The lowest BCUT2D eigenvalue weighted by Crippen LogP contribution is -2.21. The molecule has 0 N–H and O–H groups in total. The molecule has 0 radical (unpaired) electrons. The largest absolute Gasteiger partial charge is 0.450 e. The first kappa shape index (κ1) is 8.86. The normalized spacial score (nSPS) is 12.3. The van der Waals surface area contributed by atoms with Crippen LogP contribution in [-0.4, -0.2) is 17.1 Å². The van der Waals surface area contributed by atoms with Gasteiger partial charge in [0.15, 0.2) is 11.2 Å². The van der Waals surface area contributed by atoms with Gasteiger partial charge in [0.05, 0.1) is 9.47 Å². The topological polar surface area (TPSA) is 43.4 Å². The summed E-state index contributed by atoms with van der Waals surface area (Å²) >= 11 is 5.23. The second-order valence-electron chi connectivity index (χ2n) is 1.41. The van der Waals surface area contributed by atoms with Crippen molar-refractivity contribution in [3.63, 3.8) is 0 Å². The van der Waals surface area contributed by atoms with Crippen LogP contribution in [0.15, 0.2) is 0 Å². The van der Waals surface area contributed by atoms with Gasteiger partial charge in [-0.2, -0.15) is 0 Å². The SMILES string of the molecule is CC(=O)C(Cl)C(=O)OP. The highest BCUT2D eigenvalue weighted by molar-refractivity contribution is 7.10. The van der Waals surface area contributed by atoms with E-state index in [2.05, 4.69) is 4.52 Å². The van der Waals surface area contributed by atoms with Gasteiger partial charge in [-0.1, -0.05) is 0 Å². The van der Waals surface area contributed by atoms with Crippen molar-refractivity contribution in [3.05, 3.63) is 0 Å². The average molecular weight is 169 g/mol. The first-order valence-electron chi connectivity index (χ1n) is 2.14. The standard InChI is InChI=1S/C4H6ClO3P/c1-2(6)3(5)4(7)8-9/h3H,9H2,1H3. The zero-order chi connectivity index (χ0) is 7.44. The van der Waals surface area contributed by atoms with Crippen molar-refractivity contribution in [2.24, 2.45) is 0 Å². The van der Waals surface area contributed by atoms with E-state index in [9.17, 15) is 9.59 Å². The third-order valence-electron chi connectivity index (χ3n) is 0.680. The summed E-state index contributed by atoms with van der Waals surface area (Å²) in [5.41, 5.74) is 0. The molecule has 0 aliphatic carbocycles. The fraction of sp³-hybridized carbons (Fsp3) is 0.500. The van der Waals surface area contributed by atoms with E-state index in [-0.39, 0.29) is 0 Å². The minimum atomic E-state index is -1.16. The molecule has 0 aliphatic heterocycles. The lowest BCUT2D eigenvalue weighted by molar-refractivity contribution is -0.135. The molecule has 0 bridgehead atoms. The molecule has 0 aromatic carbocycles. The van der Waals surface area contributed by atoms with Crippen LogP contribution in [0.3, 0.4) is 0 Å². The van der Waals surface area contributed by atoms with Crippen molar-refractivity contribution in [1.82, 2.24) is 0 Å². The van der Waals surface area contributed by atoms with Gasteiger partial charge in [0.25, 0.3) is 0 Å². The predicted molar refractivity (Wildman–Crippen MR) is 36.1 cm³/mol. The summed E-state index contributed by atoms with van der Waals surface area (Å²) in [5.74, 6) is -1.15. The molecular weight excluding hydrogens is 162 g/mol. The number of Topliss-reactive ketones (excluding diaryl/α,β-unsaturated/α-hetero) is 1. The van der Waals surface area contributed by atoms with E-state index in [1.807, 2.05) is 0 Å². The molecule has 0 aliphatic rings. The van der Waals surface area contributed by atoms with Crippen LogP contribution in [0.4, 0.5) is 0 Å². The first-order chi connectivity index (χ1) is 4.09. The third-order valence-corrected chi connectivity index (χ3v) is 1.40. The Hall–Kier alpha value is -0.140. The molecule has 0 amide bonds. The van der Waals surface area contributed by atoms with Gasteiger partial charge in [-0.25, -0.2) is 4.79 Å². The van der Waals surface area contributed by atoms with Crippen LogP contribution in [0.2, 0.25) is 0 Å². The van der Waals surface area contributed by atoms with Gasteiger partial charge in [0.1, 0.15) is 0 Å². The number of carbonyl (C=O) groups excluding carboxylic acids is 2. The Morgan fingerprint density at radius 2 is 2.11 bits per heavy atom. The molecular formula is C4H6ClO3P. The number of hydrogen-bond donors (Lipinski definition) is 0. The Kier molecular flexibility index (Phi) is 3.75. The maximum Gasteiger partial charge on any atom is 0.333 e. The molecule has 9 heavy (non-hydrogen) atoms. The molecule has 0 aromatic heterocycles. The molecule has 0 saturated heterocycles. The lowest BCUT2D eigenvalue weighted by Gasteiger charge is -1.99. The van der Waals surface area contributed by atoms with Gasteiger partial charge in [-0.05, 0) is 6.92 Å². The van der Waals surface area contributed by atoms with E-state index in [1.165, 1.54) is 6.92 Å².